The molecule has 1 heterocycles. The van der Waals surface area contributed by atoms with Crippen molar-refractivity contribution in [3.63, 3.8) is 0 Å². The Hall–Kier alpha value is -5.66. The fraction of sp³-hybridized carbons (Fsp3) is 0.577. The van der Waals surface area contributed by atoms with Gasteiger partial charge in [0.15, 0.2) is 24.6 Å². The van der Waals surface area contributed by atoms with E-state index in [2.05, 4.69) is 179 Å². The Morgan fingerprint density at radius 3 is 1.11 bits per heavy atom. The summed E-state index contributed by atoms with van der Waals surface area (Å²) in [6.07, 6.45) is 70.6. The summed E-state index contributed by atoms with van der Waals surface area (Å²) in [7, 11) is 0. The van der Waals surface area contributed by atoms with E-state index >= 15 is 0 Å². The molecule has 1 fully saturated rings. The highest BCUT2D eigenvalue weighted by atomic mass is 16.7. The van der Waals surface area contributed by atoms with Gasteiger partial charge in [-0.05, 0) is 141 Å². The van der Waals surface area contributed by atoms with Crippen molar-refractivity contribution in [2.45, 2.75) is 250 Å². The van der Waals surface area contributed by atoms with Gasteiger partial charge in [-0.2, -0.15) is 0 Å². The van der Waals surface area contributed by atoms with Crippen molar-refractivity contribution in [3.8, 4) is 0 Å². The minimum absolute atomic E-state index is 0.0238. The minimum Gasteiger partial charge on any atom is -0.479 e. The van der Waals surface area contributed by atoms with Gasteiger partial charge in [0.2, 0.25) is 0 Å². The molecule has 6 atom stereocenters. The van der Waals surface area contributed by atoms with E-state index in [1.54, 1.807) is 0 Å². The van der Waals surface area contributed by atoms with Crippen molar-refractivity contribution in [2.75, 3.05) is 13.2 Å². The standard InChI is InChI=1S/C71H108O12/c1-4-7-10-13-16-19-22-25-28-30-32-34-37-39-42-45-48-51-54-57-63(72)79-60-62(81-64(73)58-55-52-49-46-43-41-38-35-33-31-29-26-23-20-17-14-11-8-5-2)61-80-71-69(67(76)66(75)68(83-71)70(77)78)82-65(74)59-56-53-50-47-44-40-36-27-24-21-18-15-12-9-6-3/h7-12,16-21,25-29,32-36,39,41-43,62,66-69,71,75-76H,4-6,13-15,22-24,30-31,37-38,40,44-61H2,1-3H3,(H,77,78)/b10-7-,11-8-,12-9-,19-16-,20-17-,21-18-,28-25-,29-26-,34-32-,35-33-,36-27-,42-39-,43-41-. The SMILES string of the molecule is CC/C=C\C/C=C\C/C=C\C/C=C\C/C=C\CCCCCC(=O)OCC(COC1OC(C(=O)O)C(O)C(O)C1OC(=O)CCCCCCC/C=C\C/C=C\C/C=C\CC)OC(=O)CCCCC/C=C\C/C=C\C/C=C\C/C=C\C/C=C\CC. The molecule has 0 aromatic rings. The Kier molecular flexibility index (Phi) is 51.6. The van der Waals surface area contributed by atoms with Crippen LogP contribution >= 0.6 is 0 Å². The van der Waals surface area contributed by atoms with E-state index in [1.165, 1.54) is 0 Å². The lowest BCUT2D eigenvalue weighted by molar-refractivity contribution is -0.301. The van der Waals surface area contributed by atoms with E-state index in [0.717, 1.165) is 154 Å². The quantitative estimate of drug-likeness (QED) is 0.0228. The number of carboxylic acid groups (broad SMARTS) is 1. The summed E-state index contributed by atoms with van der Waals surface area (Å²) < 4.78 is 28.4. The van der Waals surface area contributed by atoms with Crippen LogP contribution in [0, 0.1) is 0 Å². The van der Waals surface area contributed by atoms with Crippen LogP contribution in [0.1, 0.15) is 213 Å². The first-order valence-corrected chi connectivity index (χ1v) is 31.5. The molecule has 464 valence electrons. The maximum Gasteiger partial charge on any atom is 0.335 e. The molecule has 12 nitrogen and oxygen atoms in total. The second-order valence-corrected chi connectivity index (χ2v) is 20.5. The van der Waals surface area contributed by atoms with Crippen LogP contribution in [0.3, 0.4) is 0 Å². The summed E-state index contributed by atoms with van der Waals surface area (Å²) in [6.45, 7) is 5.58. The zero-order valence-corrected chi connectivity index (χ0v) is 51.1. The molecule has 0 radical (unpaired) electrons. The molecule has 1 rings (SSSR count). The Labute approximate surface area is 501 Å². The second kappa shape index (κ2) is 56.8. The van der Waals surface area contributed by atoms with Crippen LogP contribution < -0.4 is 0 Å². The number of unbranched alkanes of at least 4 members (excludes halogenated alkanes) is 11. The molecule has 0 bridgehead atoms. The summed E-state index contributed by atoms with van der Waals surface area (Å²) in [5.74, 6) is -3.26. The number of rotatable bonds is 51. The van der Waals surface area contributed by atoms with Crippen LogP contribution in [0.4, 0.5) is 0 Å². The van der Waals surface area contributed by atoms with Crippen LogP contribution in [0.15, 0.2) is 158 Å². The van der Waals surface area contributed by atoms with E-state index in [1.807, 2.05) is 0 Å². The number of allylic oxidation sites excluding steroid dienone is 26. The smallest absolute Gasteiger partial charge is 0.335 e. The van der Waals surface area contributed by atoms with Crippen LogP contribution in [0.25, 0.3) is 0 Å². The van der Waals surface area contributed by atoms with E-state index in [9.17, 15) is 34.5 Å². The third kappa shape index (κ3) is 46.4. The molecular weight excluding hydrogens is 1040 g/mol. The number of hydrogen-bond donors (Lipinski definition) is 3. The van der Waals surface area contributed by atoms with E-state index in [0.29, 0.717) is 19.3 Å². The highest BCUT2D eigenvalue weighted by Crippen LogP contribution is 2.26. The van der Waals surface area contributed by atoms with Gasteiger partial charge < -0.3 is 39.0 Å². The van der Waals surface area contributed by atoms with Crippen LogP contribution in [0.5, 0.6) is 0 Å². The zero-order valence-electron chi connectivity index (χ0n) is 51.1. The molecular formula is C71H108O12. The molecule has 0 aromatic carbocycles. The van der Waals surface area contributed by atoms with Gasteiger partial charge in [0, 0.05) is 19.3 Å². The molecule has 0 aromatic heterocycles. The molecule has 0 spiro atoms. The van der Waals surface area contributed by atoms with Gasteiger partial charge >= 0.3 is 23.9 Å². The van der Waals surface area contributed by atoms with Crippen molar-refractivity contribution >= 4 is 23.9 Å². The number of aliphatic hydroxyl groups excluding tert-OH is 2. The van der Waals surface area contributed by atoms with Gasteiger partial charge in [0.05, 0.1) is 6.61 Å². The van der Waals surface area contributed by atoms with E-state index < -0.39 is 67.3 Å². The number of hydrogen-bond acceptors (Lipinski definition) is 11. The Bertz CT molecular complexity index is 2050. The van der Waals surface area contributed by atoms with Gasteiger partial charge in [0.25, 0.3) is 0 Å². The number of ether oxygens (including phenoxy) is 5. The topological polar surface area (TPSA) is 175 Å². The average Bonchev–Trinajstić information content (AvgIpc) is 3.58. The Balaban J connectivity index is 2.75. The van der Waals surface area contributed by atoms with Gasteiger partial charge in [0.1, 0.15) is 18.8 Å². The first-order valence-electron chi connectivity index (χ1n) is 31.5. The minimum atomic E-state index is -1.93. The number of aliphatic hydroxyl groups is 2. The molecule has 1 saturated heterocycles. The third-order valence-corrected chi connectivity index (χ3v) is 13.1. The van der Waals surface area contributed by atoms with Crippen molar-refractivity contribution in [3.05, 3.63) is 158 Å². The maximum absolute atomic E-state index is 13.2. The fourth-order valence-electron chi connectivity index (χ4n) is 8.37. The first kappa shape index (κ1) is 75.4. The molecule has 0 amide bonds. The monoisotopic (exact) mass is 1150 g/mol. The Morgan fingerprint density at radius 2 is 0.723 bits per heavy atom. The lowest BCUT2D eigenvalue weighted by atomic mass is 9.98. The highest BCUT2D eigenvalue weighted by molar-refractivity contribution is 5.74. The van der Waals surface area contributed by atoms with Crippen molar-refractivity contribution in [1.82, 2.24) is 0 Å². The maximum atomic E-state index is 13.2. The van der Waals surface area contributed by atoms with Crippen molar-refractivity contribution in [1.29, 1.82) is 0 Å². The number of carboxylic acids is 1. The molecule has 12 heteroatoms. The second-order valence-electron chi connectivity index (χ2n) is 20.5. The average molecular weight is 1150 g/mol. The predicted octanol–water partition coefficient (Wildman–Crippen LogP) is 16.9. The lowest BCUT2D eigenvalue weighted by Gasteiger charge is -2.40. The van der Waals surface area contributed by atoms with Gasteiger partial charge in [-0.25, -0.2) is 4.79 Å². The lowest BCUT2D eigenvalue weighted by Crippen LogP contribution is -2.61. The summed E-state index contributed by atoms with van der Waals surface area (Å²) in [5, 5.41) is 31.6. The van der Waals surface area contributed by atoms with E-state index in [-0.39, 0.29) is 25.9 Å². The number of carbonyl (C=O) groups excluding carboxylic acids is 3. The Morgan fingerprint density at radius 1 is 0.398 bits per heavy atom. The van der Waals surface area contributed by atoms with Crippen molar-refractivity contribution < 1.29 is 58.2 Å². The molecule has 3 N–H and O–H groups in total. The molecule has 1 aliphatic heterocycles. The van der Waals surface area contributed by atoms with Crippen LogP contribution in [-0.4, -0.2) is 89.2 Å². The van der Waals surface area contributed by atoms with Gasteiger partial charge in [-0.15, -0.1) is 0 Å². The summed E-state index contributed by atoms with van der Waals surface area (Å²) >= 11 is 0. The zero-order chi connectivity index (χ0) is 60.3. The molecule has 83 heavy (non-hydrogen) atoms. The highest BCUT2D eigenvalue weighted by Gasteiger charge is 2.50. The molecule has 6 unspecified atom stereocenters. The van der Waals surface area contributed by atoms with Crippen LogP contribution in [0.2, 0.25) is 0 Å². The summed E-state index contributed by atoms with van der Waals surface area (Å²) in [6, 6.07) is 0. The number of aliphatic carboxylic acids is 1. The third-order valence-electron chi connectivity index (χ3n) is 13.1. The normalized spacial score (nSPS) is 18.7. The first-order chi connectivity index (χ1) is 40.6. The molecule has 0 saturated carbocycles. The van der Waals surface area contributed by atoms with Crippen molar-refractivity contribution in [2.24, 2.45) is 0 Å². The fourth-order valence-corrected chi connectivity index (χ4v) is 8.37. The van der Waals surface area contributed by atoms with Crippen LogP contribution in [-0.2, 0) is 42.9 Å². The summed E-state index contributed by atoms with van der Waals surface area (Å²) in [5.41, 5.74) is 0. The largest absolute Gasteiger partial charge is 0.479 e. The van der Waals surface area contributed by atoms with E-state index in [4.69, 9.17) is 23.7 Å². The summed E-state index contributed by atoms with van der Waals surface area (Å²) in [4.78, 5) is 51.3. The van der Waals surface area contributed by atoms with Gasteiger partial charge in [-0.1, -0.05) is 211 Å². The number of carbonyl (C=O) groups is 4. The molecule has 1 aliphatic rings. The molecule has 0 aliphatic carbocycles. The van der Waals surface area contributed by atoms with Gasteiger partial charge in [-0.3, -0.25) is 14.4 Å². The predicted molar refractivity (Wildman–Crippen MR) is 339 cm³/mol. The number of esters is 3.